The lowest BCUT2D eigenvalue weighted by molar-refractivity contribution is 0.00290. The Bertz CT molecular complexity index is 437. The first-order valence-electron chi connectivity index (χ1n) is 7.48. The largest absolute Gasteiger partial charge is 0.493 e. The molecule has 1 aliphatic heterocycles. The minimum atomic E-state index is 0.166. The SMILES string of the molecule is Cc1ccc(C(C)C)c(OCC2(CS)CCOCC2)c1. The fraction of sp³-hybridized carbons (Fsp3) is 0.647. The fourth-order valence-corrected chi connectivity index (χ4v) is 3.03. The third kappa shape index (κ3) is 3.70. The van der Waals surface area contributed by atoms with Gasteiger partial charge in [-0.1, -0.05) is 26.0 Å². The molecule has 112 valence electrons. The van der Waals surface area contributed by atoms with Crippen LogP contribution in [0.4, 0.5) is 0 Å². The van der Waals surface area contributed by atoms with Crippen molar-refractivity contribution >= 4 is 12.6 Å². The number of hydrogen-bond donors (Lipinski definition) is 1. The average molecular weight is 294 g/mol. The molecule has 1 heterocycles. The average Bonchev–Trinajstić information content (AvgIpc) is 2.46. The molecule has 0 aromatic heterocycles. The number of ether oxygens (including phenoxy) is 2. The maximum atomic E-state index is 6.21. The second-order valence-corrected chi connectivity index (χ2v) is 6.57. The van der Waals surface area contributed by atoms with Gasteiger partial charge < -0.3 is 9.47 Å². The first kappa shape index (κ1) is 15.7. The number of rotatable bonds is 5. The van der Waals surface area contributed by atoms with Gasteiger partial charge in [0.15, 0.2) is 0 Å². The first-order chi connectivity index (χ1) is 9.56. The molecule has 0 unspecified atom stereocenters. The van der Waals surface area contributed by atoms with Crippen LogP contribution in [0, 0.1) is 12.3 Å². The summed E-state index contributed by atoms with van der Waals surface area (Å²) in [5, 5.41) is 0. The summed E-state index contributed by atoms with van der Waals surface area (Å²) in [5.41, 5.74) is 2.70. The summed E-state index contributed by atoms with van der Waals surface area (Å²) < 4.78 is 11.7. The van der Waals surface area contributed by atoms with Crippen LogP contribution < -0.4 is 4.74 Å². The quantitative estimate of drug-likeness (QED) is 0.820. The van der Waals surface area contributed by atoms with E-state index in [4.69, 9.17) is 9.47 Å². The summed E-state index contributed by atoms with van der Waals surface area (Å²) in [6, 6.07) is 6.50. The van der Waals surface area contributed by atoms with Crippen LogP contribution in [0.25, 0.3) is 0 Å². The monoisotopic (exact) mass is 294 g/mol. The molecule has 0 amide bonds. The lowest BCUT2D eigenvalue weighted by atomic mass is 9.83. The van der Waals surface area contributed by atoms with Crippen LogP contribution in [0.2, 0.25) is 0 Å². The highest BCUT2D eigenvalue weighted by Crippen LogP contribution is 2.34. The molecule has 0 spiro atoms. The number of thiol groups is 1. The Morgan fingerprint density at radius 3 is 2.60 bits per heavy atom. The van der Waals surface area contributed by atoms with E-state index in [0.717, 1.165) is 44.2 Å². The number of hydrogen-bond acceptors (Lipinski definition) is 3. The van der Waals surface area contributed by atoms with Crippen LogP contribution in [0.15, 0.2) is 18.2 Å². The van der Waals surface area contributed by atoms with Crippen molar-refractivity contribution in [2.45, 2.75) is 39.5 Å². The van der Waals surface area contributed by atoms with Crippen LogP contribution in [0.3, 0.4) is 0 Å². The van der Waals surface area contributed by atoms with Gasteiger partial charge in [0, 0.05) is 18.6 Å². The normalized spacial score (nSPS) is 18.2. The minimum absolute atomic E-state index is 0.166. The zero-order valence-corrected chi connectivity index (χ0v) is 13.7. The molecule has 1 fully saturated rings. The summed E-state index contributed by atoms with van der Waals surface area (Å²) in [7, 11) is 0. The zero-order valence-electron chi connectivity index (χ0n) is 12.8. The Balaban J connectivity index is 2.11. The first-order valence-corrected chi connectivity index (χ1v) is 8.11. The second kappa shape index (κ2) is 6.86. The molecule has 2 rings (SSSR count). The van der Waals surface area contributed by atoms with E-state index in [0.29, 0.717) is 5.92 Å². The van der Waals surface area contributed by atoms with E-state index in [1.807, 2.05) is 0 Å². The summed E-state index contributed by atoms with van der Waals surface area (Å²) in [4.78, 5) is 0. The lowest BCUT2D eigenvalue weighted by Gasteiger charge is -2.35. The molecule has 3 heteroatoms. The fourth-order valence-electron chi connectivity index (χ4n) is 2.63. The standard InChI is InChI=1S/C17H26O2S/c1-13(2)15-5-4-14(3)10-16(15)19-11-17(12-20)6-8-18-9-7-17/h4-5,10,13,20H,6-9,11-12H2,1-3H3. The van der Waals surface area contributed by atoms with Crippen molar-refractivity contribution in [3.8, 4) is 5.75 Å². The molecule has 0 bridgehead atoms. The molecule has 0 saturated carbocycles. The predicted octanol–water partition coefficient (Wildman–Crippen LogP) is 4.22. The van der Waals surface area contributed by atoms with E-state index in [-0.39, 0.29) is 5.41 Å². The third-order valence-electron chi connectivity index (χ3n) is 4.21. The molecule has 0 radical (unpaired) electrons. The minimum Gasteiger partial charge on any atom is -0.493 e. The molecule has 0 aliphatic carbocycles. The molecule has 1 aromatic rings. The molecular formula is C17H26O2S. The van der Waals surface area contributed by atoms with E-state index >= 15 is 0 Å². The molecule has 1 aromatic carbocycles. The van der Waals surface area contributed by atoms with Gasteiger partial charge in [0.2, 0.25) is 0 Å². The topological polar surface area (TPSA) is 18.5 Å². The van der Waals surface area contributed by atoms with Crippen molar-refractivity contribution in [2.24, 2.45) is 5.41 Å². The zero-order chi connectivity index (χ0) is 14.6. The van der Waals surface area contributed by atoms with Crippen molar-refractivity contribution in [3.05, 3.63) is 29.3 Å². The van der Waals surface area contributed by atoms with Gasteiger partial charge in [0.1, 0.15) is 5.75 Å². The highest BCUT2D eigenvalue weighted by Gasteiger charge is 2.32. The molecular weight excluding hydrogens is 268 g/mol. The Hall–Kier alpha value is -0.670. The summed E-state index contributed by atoms with van der Waals surface area (Å²) in [5.74, 6) is 2.37. The van der Waals surface area contributed by atoms with Crippen molar-refractivity contribution in [1.29, 1.82) is 0 Å². The van der Waals surface area contributed by atoms with Gasteiger partial charge in [-0.3, -0.25) is 0 Å². The van der Waals surface area contributed by atoms with Gasteiger partial charge in [-0.2, -0.15) is 12.6 Å². The van der Waals surface area contributed by atoms with Crippen molar-refractivity contribution in [1.82, 2.24) is 0 Å². The van der Waals surface area contributed by atoms with E-state index in [2.05, 4.69) is 51.6 Å². The van der Waals surface area contributed by atoms with Gasteiger partial charge >= 0.3 is 0 Å². The van der Waals surface area contributed by atoms with Gasteiger partial charge in [0.05, 0.1) is 6.61 Å². The van der Waals surface area contributed by atoms with Crippen LogP contribution in [-0.4, -0.2) is 25.6 Å². The van der Waals surface area contributed by atoms with E-state index in [9.17, 15) is 0 Å². The Labute approximate surface area is 128 Å². The third-order valence-corrected chi connectivity index (χ3v) is 4.88. The van der Waals surface area contributed by atoms with Crippen LogP contribution in [-0.2, 0) is 4.74 Å². The van der Waals surface area contributed by atoms with Crippen LogP contribution in [0.5, 0.6) is 5.75 Å². The summed E-state index contributed by atoms with van der Waals surface area (Å²) in [6.07, 6.45) is 2.08. The Kier molecular flexibility index (Phi) is 5.39. The van der Waals surface area contributed by atoms with Gasteiger partial charge in [-0.25, -0.2) is 0 Å². The van der Waals surface area contributed by atoms with Crippen LogP contribution >= 0.6 is 12.6 Å². The molecule has 0 N–H and O–H groups in total. The summed E-state index contributed by atoms with van der Waals surface area (Å²) in [6.45, 7) is 8.92. The van der Waals surface area contributed by atoms with E-state index < -0.39 is 0 Å². The van der Waals surface area contributed by atoms with Gasteiger partial charge in [0.25, 0.3) is 0 Å². The molecule has 0 atom stereocenters. The molecule has 1 saturated heterocycles. The highest BCUT2D eigenvalue weighted by molar-refractivity contribution is 7.80. The predicted molar refractivity (Wildman–Crippen MR) is 87.1 cm³/mol. The van der Waals surface area contributed by atoms with E-state index in [1.165, 1.54) is 11.1 Å². The number of benzene rings is 1. The van der Waals surface area contributed by atoms with Gasteiger partial charge in [-0.05, 0) is 48.6 Å². The summed E-state index contributed by atoms with van der Waals surface area (Å²) >= 11 is 4.55. The molecule has 1 aliphatic rings. The van der Waals surface area contributed by atoms with Gasteiger partial charge in [-0.15, -0.1) is 0 Å². The maximum absolute atomic E-state index is 6.21. The molecule has 2 nitrogen and oxygen atoms in total. The lowest BCUT2D eigenvalue weighted by Crippen LogP contribution is -2.37. The number of aryl methyl sites for hydroxylation is 1. The second-order valence-electron chi connectivity index (χ2n) is 6.26. The van der Waals surface area contributed by atoms with E-state index in [1.54, 1.807) is 0 Å². The van der Waals surface area contributed by atoms with Crippen LogP contribution in [0.1, 0.15) is 43.7 Å². The van der Waals surface area contributed by atoms with Crippen molar-refractivity contribution in [2.75, 3.05) is 25.6 Å². The van der Waals surface area contributed by atoms with Crippen molar-refractivity contribution in [3.63, 3.8) is 0 Å². The maximum Gasteiger partial charge on any atom is 0.123 e. The highest BCUT2D eigenvalue weighted by atomic mass is 32.1. The Morgan fingerprint density at radius 1 is 1.30 bits per heavy atom. The van der Waals surface area contributed by atoms with Crippen molar-refractivity contribution < 1.29 is 9.47 Å². The molecule has 20 heavy (non-hydrogen) atoms. The Morgan fingerprint density at radius 2 is 2.00 bits per heavy atom. The smallest absolute Gasteiger partial charge is 0.123 e.